The molecule has 1 nitrogen and oxygen atoms in total. The molecule has 2 aromatic rings. The fourth-order valence-corrected chi connectivity index (χ4v) is 4.73. The van der Waals surface area contributed by atoms with Crippen molar-refractivity contribution >= 4 is 11.4 Å². The Morgan fingerprint density at radius 2 is 1.38 bits per heavy atom. The third-order valence-electron chi connectivity index (χ3n) is 6.53. The van der Waals surface area contributed by atoms with Crippen molar-refractivity contribution in [3.63, 3.8) is 0 Å². The van der Waals surface area contributed by atoms with E-state index < -0.39 is 0 Å². The van der Waals surface area contributed by atoms with Gasteiger partial charge in [0.25, 0.3) is 0 Å². The van der Waals surface area contributed by atoms with Crippen LogP contribution in [0.4, 0.5) is 11.4 Å². The maximum Gasteiger partial charge on any atom is 0.0476 e. The predicted molar refractivity (Wildman–Crippen MR) is 114 cm³/mol. The fraction of sp³-hybridized carbons (Fsp3) is 0.520. The van der Waals surface area contributed by atoms with Crippen molar-refractivity contribution < 1.29 is 0 Å². The summed E-state index contributed by atoms with van der Waals surface area (Å²) in [6.45, 7) is 9.35. The topological polar surface area (TPSA) is 3.24 Å². The van der Waals surface area contributed by atoms with Crippen LogP contribution in [0.3, 0.4) is 0 Å². The number of hydrogen-bond donors (Lipinski definition) is 0. The lowest BCUT2D eigenvalue weighted by molar-refractivity contribution is 0.202. The normalized spacial score (nSPS) is 17.9. The van der Waals surface area contributed by atoms with E-state index in [0.29, 0.717) is 11.8 Å². The first-order valence-electron chi connectivity index (χ1n) is 10.5. The maximum atomic E-state index is 2.68. The van der Waals surface area contributed by atoms with Gasteiger partial charge in [-0.2, -0.15) is 0 Å². The van der Waals surface area contributed by atoms with E-state index in [1.165, 1.54) is 55.5 Å². The summed E-state index contributed by atoms with van der Waals surface area (Å²) in [5.41, 5.74) is 4.34. The average Bonchev–Trinajstić information content (AvgIpc) is 2.69. The Kier molecular flexibility index (Phi) is 6.06. The highest BCUT2D eigenvalue weighted by Gasteiger charge is 2.42. The summed E-state index contributed by atoms with van der Waals surface area (Å²) in [7, 11) is 0. The summed E-state index contributed by atoms with van der Waals surface area (Å²) in [4.78, 5) is 2.68. The summed E-state index contributed by atoms with van der Waals surface area (Å²) >= 11 is 0. The molecule has 0 saturated heterocycles. The molecule has 0 radical (unpaired) electrons. The van der Waals surface area contributed by atoms with Crippen molar-refractivity contribution in [2.75, 3.05) is 4.90 Å². The van der Waals surface area contributed by atoms with Gasteiger partial charge in [-0.25, -0.2) is 0 Å². The minimum absolute atomic E-state index is 0.230. The molecule has 1 aliphatic carbocycles. The number of hydrogen-bond acceptors (Lipinski definition) is 1. The zero-order valence-electron chi connectivity index (χ0n) is 17.0. The van der Waals surface area contributed by atoms with Gasteiger partial charge in [-0.05, 0) is 54.5 Å². The summed E-state index contributed by atoms with van der Waals surface area (Å²) < 4.78 is 0. The Bertz CT molecular complexity index is 665. The molecule has 0 N–H and O–H groups in total. The second kappa shape index (κ2) is 8.29. The van der Waals surface area contributed by atoms with Gasteiger partial charge in [0.05, 0.1) is 0 Å². The van der Waals surface area contributed by atoms with E-state index in [-0.39, 0.29) is 5.54 Å². The molecular formula is C25H35N. The Labute approximate surface area is 160 Å². The summed E-state index contributed by atoms with van der Waals surface area (Å²) in [5.74, 6) is 1.25. The second-order valence-corrected chi connectivity index (χ2v) is 8.39. The lowest BCUT2D eigenvalue weighted by Gasteiger charge is -2.51. The van der Waals surface area contributed by atoms with Crippen molar-refractivity contribution in [2.45, 2.75) is 77.7 Å². The van der Waals surface area contributed by atoms with Crippen LogP contribution in [0.15, 0.2) is 54.6 Å². The van der Waals surface area contributed by atoms with Gasteiger partial charge < -0.3 is 4.90 Å². The van der Waals surface area contributed by atoms with Crippen LogP contribution in [0.5, 0.6) is 0 Å². The zero-order valence-corrected chi connectivity index (χ0v) is 17.0. The van der Waals surface area contributed by atoms with Gasteiger partial charge in [0.1, 0.15) is 0 Å². The quantitative estimate of drug-likeness (QED) is 0.516. The van der Waals surface area contributed by atoms with Crippen LogP contribution >= 0.6 is 0 Å². The highest BCUT2D eigenvalue weighted by atomic mass is 15.2. The molecule has 26 heavy (non-hydrogen) atoms. The van der Waals surface area contributed by atoms with E-state index in [4.69, 9.17) is 0 Å². The molecule has 2 aromatic carbocycles. The summed E-state index contributed by atoms with van der Waals surface area (Å²) in [5, 5.41) is 0. The molecule has 1 fully saturated rings. The van der Waals surface area contributed by atoms with Gasteiger partial charge in [-0.15, -0.1) is 0 Å². The average molecular weight is 350 g/mol. The first-order chi connectivity index (χ1) is 12.6. The number of para-hydroxylation sites is 1. The summed E-state index contributed by atoms with van der Waals surface area (Å²) in [6.07, 6.45) is 7.89. The van der Waals surface area contributed by atoms with E-state index in [1.54, 1.807) is 0 Å². The molecule has 0 heterocycles. The van der Waals surface area contributed by atoms with Crippen molar-refractivity contribution in [1.82, 2.24) is 0 Å². The largest absolute Gasteiger partial charge is 0.335 e. The Balaban J connectivity index is 2.10. The van der Waals surface area contributed by atoms with Crippen molar-refractivity contribution in [3.8, 4) is 0 Å². The van der Waals surface area contributed by atoms with Gasteiger partial charge >= 0.3 is 0 Å². The van der Waals surface area contributed by atoms with E-state index in [2.05, 4.69) is 87.2 Å². The highest BCUT2D eigenvalue weighted by Crippen LogP contribution is 2.47. The van der Waals surface area contributed by atoms with E-state index in [0.717, 1.165) is 0 Å². The lowest BCUT2D eigenvalue weighted by atomic mass is 9.70. The standard InChI is InChI=1S/C25H35N/c1-5-21(4)25(18-10-7-11-19-25)26(23-12-8-6-9-13-23)24-16-14-22(15-17-24)20(2)3/h6,8-9,12-17,20-21H,5,7,10-11,18-19H2,1-4H3. The molecule has 1 heteroatoms. The molecule has 0 aliphatic heterocycles. The van der Waals surface area contributed by atoms with Crippen LogP contribution in [0.25, 0.3) is 0 Å². The van der Waals surface area contributed by atoms with Crippen molar-refractivity contribution in [1.29, 1.82) is 0 Å². The van der Waals surface area contributed by atoms with Crippen LogP contribution < -0.4 is 4.90 Å². The fourth-order valence-electron chi connectivity index (χ4n) is 4.73. The molecule has 0 spiro atoms. The van der Waals surface area contributed by atoms with E-state index in [1.807, 2.05) is 0 Å². The molecule has 3 rings (SSSR count). The van der Waals surface area contributed by atoms with E-state index in [9.17, 15) is 0 Å². The second-order valence-electron chi connectivity index (χ2n) is 8.39. The van der Waals surface area contributed by atoms with Crippen LogP contribution in [0, 0.1) is 5.92 Å². The van der Waals surface area contributed by atoms with Gasteiger partial charge in [0.2, 0.25) is 0 Å². The first-order valence-corrected chi connectivity index (χ1v) is 10.5. The summed E-state index contributed by atoms with van der Waals surface area (Å²) in [6, 6.07) is 20.4. The molecule has 0 amide bonds. The smallest absolute Gasteiger partial charge is 0.0476 e. The Morgan fingerprint density at radius 3 is 1.92 bits per heavy atom. The minimum atomic E-state index is 0.230. The van der Waals surface area contributed by atoms with Gasteiger partial charge in [-0.3, -0.25) is 0 Å². The molecular weight excluding hydrogens is 314 g/mol. The number of rotatable bonds is 6. The number of benzene rings is 2. The van der Waals surface area contributed by atoms with Gasteiger partial charge in [0, 0.05) is 16.9 Å². The number of nitrogens with zero attached hydrogens (tertiary/aromatic N) is 1. The molecule has 1 atom stereocenters. The van der Waals surface area contributed by atoms with Gasteiger partial charge in [-0.1, -0.05) is 83.7 Å². The lowest BCUT2D eigenvalue weighted by Crippen LogP contribution is -2.52. The van der Waals surface area contributed by atoms with Crippen LogP contribution in [-0.2, 0) is 0 Å². The monoisotopic (exact) mass is 349 g/mol. The molecule has 1 aliphatic rings. The van der Waals surface area contributed by atoms with Crippen molar-refractivity contribution in [2.24, 2.45) is 5.92 Å². The molecule has 1 unspecified atom stereocenters. The molecule has 0 bridgehead atoms. The third kappa shape index (κ3) is 3.68. The predicted octanol–water partition coefficient (Wildman–Crippen LogP) is 7.70. The molecule has 1 saturated carbocycles. The van der Waals surface area contributed by atoms with Crippen LogP contribution in [0.1, 0.15) is 77.7 Å². The SMILES string of the molecule is CCC(C)C1(N(c2ccccc2)c2ccc(C(C)C)cc2)CCCCC1. The molecule has 140 valence electrons. The zero-order chi connectivity index (χ0) is 18.6. The Morgan fingerprint density at radius 1 is 0.808 bits per heavy atom. The van der Waals surface area contributed by atoms with Crippen molar-refractivity contribution in [3.05, 3.63) is 60.2 Å². The highest BCUT2D eigenvalue weighted by molar-refractivity contribution is 5.66. The van der Waals surface area contributed by atoms with Crippen LogP contribution in [-0.4, -0.2) is 5.54 Å². The minimum Gasteiger partial charge on any atom is -0.335 e. The maximum absolute atomic E-state index is 2.68. The first kappa shape index (κ1) is 19.0. The van der Waals surface area contributed by atoms with Crippen LogP contribution in [0.2, 0.25) is 0 Å². The van der Waals surface area contributed by atoms with E-state index >= 15 is 0 Å². The molecule has 0 aromatic heterocycles. The third-order valence-corrected chi connectivity index (χ3v) is 6.53. The number of anilines is 2. The Hall–Kier alpha value is -1.76. The van der Waals surface area contributed by atoms with Gasteiger partial charge in [0.15, 0.2) is 0 Å².